The van der Waals surface area contributed by atoms with Crippen LogP contribution < -0.4 is 5.32 Å². The third-order valence-corrected chi connectivity index (χ3v) is 2.36. The lowest BCUT2D eigenvalue weighted by atomic mass is 10.1. The molecule has 0 saturated carbocycles. The fourth-order valence-corrected chi connectivity index (χ4v) is 1.79. The third kappa shape index (κ3) is 6.13. The number of hydrogen-bond donors (Lipinski definition) is 2. The van der Waals surface area contributed by atoms with E-state index in [0.717, 1.165) is 0 Å². The zero-order valence-electron chi connectivity index (χ0n) is 11.5. The van der Waals surface area contributed by atoms with Gasteiger partial charge in [0, 0.05) is 12.1 Å². The number of benzene rings is 1. The molecule has 2 N–H and O–H groups in total. The second-order valence-corrected chi connectivity index (χ2v) is 5.23. The molecule has 1 rings (SSSR count). The highest BCUT2D eigenvalue weighted by molar-refractivity contribution is 6.05. The minimum atomic E-state index is -0.877. The van der Waals surface area contributed by atoms with Crippen LogP contribution >= 0.6 is 0 Å². The Morgan fingerprint density at radius 3 is 2.37 bits per heavy atom. The Morgan fingerprint density at radius 2 is 1.84 bits per heavy atom. The van der Waals surface area contributed by atoms with Crippen LogP contribution in [0.1, 0.15) is 24.2 Å². The van der Waals surface area contributed by atoms with E-state index in [1.165, 1.54) is 0 Å². The summed E-state index contributed by atoms with van der Waals surface area (Å²) < 4.78 is 0. The topological polar surface area (TPSA) is 69.6 Å². The summed E-state index contributed by atoms with van der Waals surface area (Å²) in [6.07, 6.45) is 0. The van der Waals surface area contributed by atoms with Gasteiger partial charge in [-0.15, -0.1) is 0 Å². The molecule has 0 unspecified atom stereocenters. The Kier molecular flexibility index (Phi) is 5.20. The average Bonchev–Trinajstić information content (AvgIpc) is 2.27. The smallest absolute Gasteiger partial charge is 0.257 e. The molecule has 0 aliphatic rings. The van der Waals surface area contributed by atoms with E-state index in [2.05, 4.69) is 5.32 Å². The lowest BCUT2D eigenvalue weighted by Gasteiger charge is -2.24. The maximum Gasteiger partial charge on any atom is 0.257 e. The van der Waals surface area contributed by atoms with Gasteiger partial charge in [0.2, 0.25) is 5.91 Å². The van der Waals surface area contributed by atoms with Gasteiger partial charge in [-0.1, -0.05) is 18.2 Å². The number of nitrogens with one attached hydrogen (secondary N) is 1. The first-order chi connectivity index (χ1) is 8.78. The number of imide groups is 1. The van der Waals surface area contributed by atoms with Crippen LogP contribution in [-0.4, -0.2) is 47.6 Å². The van der Waals surface area contributed by atoms with Gasteiger partial charge in [0.1, 0.15) is 0 Å². The molecule has 5 nitrogen and oxygen atoms in total. The lowest BCUT2D eigenvalue weighted by Crippen LogP contribution is -2.43. The number of carbonyl (C=O) groups excluding carboxylic acids is 2. The van der Waals surface area contributed by atoms with Gasteiger partial charge in [0.05, 0.1) is 12.1 Å². The summed E-state index contributed by atoms with van der Waals surface area (Å²) in [4.78, 5) is 25.1. The van der Waals surface area contributed by atoms with Crippen molar-refractivity contribution in [2.24, 2.45) is 0 Å². The first-order valence-corrected chi connectivity index (χ1v) is 6.08. The highest BCUT2D eigenvalue weighted by atomic mass is 16.3. The number of likely N-dealkylation sites (N-methyl/N-ethyl adjacent to an activating group) is 1. The van der Waals surface area contributed by atoms with Gasteiger partial charge in [-0.05, 0) is 33.0 Å². The Morgan fingerprint density at radius 1 is 1.26 bits per heavy atom. The van der Waals surface area contributed by atoms with Crippen molar-refractivity contribution in [1.29, 1.82) is 0 Å². The molecular formula is C14H20N2O3. The van der Waals surface area contributed by atoms with Gasteiger partial charge in [0.15, 0.2) is 0 Å². The number of nitrogens with zero attached hydrogens (tertiary/aromatic N) is 1. The standard InChI is InChI=1S/C14H20N2O3/c1-14(2,19)10-16(3)9-12(17)15-13(18)11-7-5-4-6-8-11/h4-8,19H,9-10H2,1-3H3,(H,15,17,18). The van der Waals surface area contributed by atoms with E-state index in [1.807, 2.05) is 0 Å². The maximum absolute atomic E-state index is 11.7. The molecule has 0 atom stereocenters. The monoisotopic (exact) mass is 264 g/mol. The first-order valence-electron chi connectivity index (χ1n) is 6.08. The van der Waals surface area contributed by atoms with Crippen molar-refractivity contribution in [3.8, 4) is 0 Å². The van der Waals surface area contributed by atoms with Crippen LogP contribution in [0.3, 0.4) is 0 Å². The molecule has 1 aromatic carbocycles. The van der Waals surface area contributed by atoms with Crippen molar-refractivity contribution >= 4 is 11.8 Å². The van der Waals surface area contributed by atoms with E-state index in [1.54, 1.807) is 56.1 Å². The van der Waals surface area contributed by atoms with E-state index >= 15 is 0 Å². The molecule has 2 amide bonds. The maximum atomic E-state index is 11.7. The summed E-state index contributed by atoms with van der Waals surface area (Å²) >= 11 is 0. The lowest BCUT2D eigenvalue weighted by molar-refractivity contribution is -0.121. The summed E-state index contributed by atoms with van der Waals surface area (Å²) in [5.41, 5.74) is -0.431. The van der Waals surface area contributed by atoms with Gasteiger partial charge in [-0.3, -0.25) is 19.8 Å². The number of amides is 2. The van der Waals surface area contributed by atoms with E-state index in [4.69, 9.17) is 0 Å². The summed E-state index contributed by atoms with van der Waals surface area (Å²) in [5, 5.41) is 11.9. The van der Waals surface area contributed by atoms with E-state index in [9.17, 15) is 14.7 Å². The van der Waals surface area contributed by atoms with Crippen LogP contribution in [0.4, 0.5) is 0 Å². The Labute approximate surface area is 113 Å². The van der Waals surface area contributed by atoms with Crippen LogP contribution in [0.5, 0.6) is 0 Å². The zero-order chi connectivity index (χ0) is 14.5. The highest BCUT2D eigenvalue weighted by Crippen LogP contribution is 2.02. The molecule has 0 aliphatic carbocycles. The molecule has 0 radical (unpaired) electrons. The fourth-order valence-electron chi connectivity index (χ4n) is 1.79. The van der Waals surface area contributed by atoms with Crippen molar-refractivity contribution < 1.29 is 14.7 Å². The normalized spacial score (nSPS) is 11.4. The highest BCUT2D eigenvalue weighted by Gasteiger charge is 2.18. The first kappa shape index (κ1) is 15.3. The van der Waals surface area contributed by atoms with Crippen molar-refractivity contribution in [1.82, 2.24) is 10.2 Å². The molecular weight excluding hydrogens is 244 g/mol. The van der Waals surface area contributed by atoms with Crippen LogP contribution in [0.15, 0.2) is 30.3 Å². The summed E-state index contributed by atoms with van der Waals surface area (Å²) in [5.74, 6) is -0.803. The number of hydrogen-bond acceptors (Lipinski definition) is 4. The van der Waals surface area contributed by atoms with Crippen LogP contribution in [-0.2, 0) is 4.79 Å². The van der Waals surface area contributed by atoms with Crippen molar-refractivity contribution in [2.45, 2.75) is 19.4 Å². The third-order valence-electron chi connectivity index (χ3n) is 2.36. The molecule has 0 spiro atoms. The van der Waals surface area contributed by atoms with E-state index in [-0.39, 0.29) is 12.5 Å². The minimum absolute atomic E-state index is 0.0581. The van der Waals surface area contributed by atoms with Gasteiger partial charge < -0.3 is 5.11 Å². The second-order valence-electron chi connectivity index (χ2n) is 5.23. The predicted octanol–water partition coefficient (Wildman–Crippen LogP) is 0.646. The molecule has 1 aromatic rings. The van der Waals surface area contributed by atoms with E-state index < -0.39 is 11.5 Å². The Hall–Kier alpha value is -1.72. The van der Waals surface area contributed by atoms with Crippen LogP contribution in [0, 0.1) is 0 Å². The summed E-state index contributed by atoms with van der Waals surface area (Å²) in [7, 11) is 1.71. The molecule has 0 fully saturated rings. The molecule has 0 aliphatic heterocycles. The summed E-state index contributed by atoms with van der Waals surface area (Å²) in [6, 6.07) is 8.56. The second kappa shape index (κ2) is 6.45. The SMILES string of the molecule is CN(CC(=O)NC(=O)c1ccccc1)CC(C)(C)O. The molecule has 0 aromatic heterocycles. The van der Waals surface area contributed by atoms with Crippen molar-refractivity contribution in [2.75, 3.05) is 20.1 Å². The Balaban J connectivity index is 2.46. The van der Waals surface area contributed by atoms with Gasteiger partial charge >= 0.3 is 0 Å². The van der Waals surface area contributed by atoms with Gasteiger partial charge in [-0.25, -0.2) is 0 Å². The molecule has 5 heteroatoms. The molecule has 104 valence electrons. The van der Waals surface area contributed by atoms with Crippen LogP contribution in [0.25, 0.3) is 0 Å². The number of carbonyl (C=O) groups is 2. The molecule has 0 heterocycles. The number of aliphatic hydroxyl groups is 1. The minimum Gasteiger partial charge on any atom is -0.389 e. The fraction of sp³-hybridized carbons (Fsp3) is 0.429. The van der Waals surface area contributed by atoms with Crippen molar-refractivity contribution in [3.63, 3.8) is 0 Å². The zero-order valence-corrected chi connectivity index (χ0v) is 11.5. The predicted molar refractivity (Wildman–Crippen MR) is 72.7 cm³/mol. The molecule has 0 bridgehead atoms. The van der Waals surface area contributed by atoms with Gasteiger partial charge in [-0.2, -0.15) is 0 Å². The largest absolute Gasteiger partial charge is 0.389 e. The molecule has 19 heavy (non-hydrogen) atoms. The number of rotatable bonds is 5. The summed E-state index contributed by atoms with van der Waals surface area (Å²) in [6.45, 7) is 3.73. The Bertz CT molecular complexity index is 438. The van der Waals surface area contributed by atoms with Gasteiger partial charge in [0.25, 0.3) is 5.91 Å². The quantitative estimate of drug-likeness (QED) is 0.819. The van der Waals surface area contributed by atoms with Crippen LogP contribution in [0.2, 0.25) is 0 Å². The van der Waals surface area contributed by atoms with E-state index in [0.29, 0.717) is 12.1 Å². The molecule has 0 saturated heterocycles. The average molecular weight is 264 g/mol. The van der Waals surface area contributed by atoms with Crippen molar-refractivity contribution in [3.05, 3.63) is 35.9 Å².